The Morgan fingerprint density at radius 1 is 1.31 bits per heavy atom. The quantitative estimate of drug-likeness (QED) is 0.746. The predicted molar refractivity (Wildman–Crippen MR) is 53.3 cm³/mol. The molecule has 0 fully saturated rings. The number of halogens is 1. The van der Waals surface area contributed by atoms with Crippen molar-refractivity contribution in [1.29, 1.82) is 0 Å². The van der Waals surface area contributed by atoms with Crippen LogP contribution >= 0.6 is 0 Å². The summed E-state index contributed by atoms with van der Waals surface area (Å²) in [7, 11) is 0. The molecule has 1 aromatic carbocycles. The third-order valence-electron chi connectivity index (χ3n) is 2.11. The van der Waals surface area contributed by atoms with E-state index in [9.17, 15) is 4.39 Å². The van der Waals surface area contributed by atoms with Crippen LogP contribution in [-0.4, -0.2) is 5.54 Å². The van der Waals surface area contributed by atoms with E-state index in [-0.39, 0.29) is 0 Å². The highest BCUT2D eigenvalue weighted by Gasteiger charge is 2.27. The Balaban J connectivity index is 3.02. The number of benzene rings is 1. The molecule has 0 bridgehead atoms. The second-order valence-electron chi connectivity index (χ2n) is 4.04. The van der Waals surface area contributed by atoms with Gasteiger partial charge in [0.15, 0.2) is 0 Å². The first-order valence-corrected chi connectivity index (χ1v) is 4.41. The molecule has 0 radical (unpaired) electrons. The highest BCUT2D eigenvalue weighted by atomic mass is 19.1. The van der Waals surface area contributed by atoms with Crippen LogP contribution in [0.2, 0.25) is 0 Å². The Bertz CT molecular complexity index is 288. The Labute approximate surface area is 78.8 Å². The summed E-state index contributed by atoms with van der Waals surface area (Å²) in [5, 5.41) is 0. The zero-order valence-corrected chi connectivity index (χ0v) is 8.34. The molecule has 2 N–H and O–H groups in total. The van der Waals surface area contributed by atoms with Crippen molar-refractivity contribution in [1.82, 2.24) is 0 Å². The normalized spacial score (nSPS) is 14.2. The molecule has 72 valence electrons. The van der Waals surface area contributed by atoms with Crippen LogP contribution in [0.1, 0.15) is 31.1 Å². The average Bonchev–Trinajstić information content (AvgIpc) is 2.02. The van der Waals surface area contributed by atoms with Gasteiger partial charge in [0, 0.05) is 5.54 Å². The lowest BCUT2D eigenvalue weighted by molar-refractivity contribution is 0.222. The van der Waals surface area contributed by atoms with Crippen molar-refractivity contribution in [3.63, 3.8) is 0 Å². The molecule has 1 nitrogen and oxygen atoms in total. The lowest BCUT2D eigenvalue weighted by Crippen LogP contribution is -2.37. The monoisotopic (exact) mass is 181 g/mol. The fourth-order valence-electron chi connectivity index (χ4n) is 1.27. The summed E-state index contributed by atoms with van der Waals surface area (Å²) < 4.78 is 13.8. The molecule has 0 amide bonds. The summed E-state index contributed by atoms with van der Waals surface area (Å²) in [5.41, 5.74) is 6.53. The van der Waals surface area contributed by atoms with Gasteiger partial charge in [-0.15, -0.1) is 0 Å². The zero-order chi connectivity index (χ0) is 10.1. The van der Waals surface area contributed by atoms with Crippen LogP contribution in [0.15, 0.2) is 24.3 Å². The van der Waals surface area contributed by atoms with Gasteiger partial charge in [-0.2, -0.15) is 0 Å². The highest BCUT2D eigenvalue weighted by Crippen LogP contribution is 2.29. The number of rotatable bonds is 2. The molecule has 0 aromatic heterocycles. The fourth-order valence-corrected chi connectivity index (χ4v) is 1.27. The maximum atomic E-state index is 13.8. The van der Waals surface area contributed by atoms with Gasteiger partial charge in [0.05, 0.1) is 0 Å². The third kappa shape index (κ3) is 2.28. The number of hydrogen-bond donors (Lipinski definition) is 1. The minimum Gasteiger partial charge on any atom is -0.323 e. The minimum atomic E-state index is -1.10. The van der Waals surface area contributed by atoms with Crippen LogP contribution < -0.4 is 5.73 Å². The van der Waals surface area contributed by atoms with Crippen LogP contribution in [0, 0.1) is 6.92 Å². The highest BCUT2D eigenvalue weighted by molar-refractivity contribution is 5.29. The fraction of sp³-hybridized carbons (Fsp3) is 0.455. The van der Waals surface area contributed by atoms with E-state index in [2.05, 4.69) is 0 Å². The van der Waals surface area contributed by atoms with Crippen molar-refractivity contribution in [3.8, 4) is 0 Å². The lowest BCUT2D eigenvalue weighted by atomic mass is 9.91. The Kier molecular flexibility index (Phi) is 2.71. The molecule has 0 aliphatic carbocycles. The van der Waals surface area contributed by atoms with E-state index in [1.54, 1.807) is 19.9 Å². The van der Waals surface area contributed by atoms with Gasteiger partial charge in [-0.25, -0.2) is 4.39 Å². The van der Waals surface area contributed by atoms with Crippen LogP contribution in [0.4, 0.5) is 4.39 Å². The minimum absolute atomic E-state index is 0.690. The van der Waals surface area contributed by atoms with Gasteiger partial charge in [0.2, 0.25) is 0 Å². The van der Waals surface area contributed by atoms with Gasteiger partial charge < -0.3 is 5.73 Å². The lowest BCUT2D eigenvalue weighted by Gasteiger charge is -2.25. The smallest absolute Gasteiger partial charge is 0.143 e. The Hall–Kier alpha value is -0.890. The van der Waals surface area contributed by atoms with E-state index in [1.807, 2.05) is 25.1 Å². The van der Waals surface area contributed by atoms with Gasteiger partial charge in [-0.05, 0) is 31.9 Å². The van der Waals surface area contributed by atoms with Crippen molar-refractivity contribution in [2.45, 2.75) is 32.5 Å². The molecule has 0 spiro atoms. The summed E-state index contributed by atoms with van der Waals surface area (Å²) in [6.45, 7) is 5.29. The van der Waals surface area contributed by atoms with Crippen molar-refractivity contribution in [2.75, 3.05) is 0 Å². The average molecular weight is 181 g/mol. The van der Waals surface area contributed by atoms with Gasteiger partial charge in [-0.1, -0.05) is 24.3 Å². The maximum absolute atomic E-state index is 13.8. The molecule has 13 heavy (non-hydrogen) atoms. The van der Waals surface area contributed by atoms with Crippen molar-refractivity contribution in [3.05, 3.63) is 35.4 Å². The van der Waals surface area contributed by atoms with Crippen molar-refractivity contribution >= 4 is 0 Å². The van der Waals surface area contributed by atoms with Crippen molar-refractivity contribution < 1.29 is 4.39 Å². The SMILES string of the molecule is Cc1ccccc1C(F)C(C)(C)N. The van der Waals surface area contributed by atoms with E-state index in [0.29, 0.717) is 5.56 Å². The summed E-state index contributed by atoms with van der Waals surface area (Å²) in [6.07, 6.45) is -1.10. The number of hydrogen-bond acceptors (Lipinski definition) is 1. The molecular formula is C11H16FN. The van der Waals surface area contributed by atoms with Gasteiger partial charge in [0.25, 0.3) is 0 Å². The van der Waals surface area contributed by atoms with Gasteiger partial charge in [-0.3, -0.25) is 0 Å². The molecular weight excluding hydrogens is 165 g/mol. The van der Waals surface area contributed by atoms with E-state index in [0.717, 1.165) is 5.56 Å². The number of nitrogens with two attached hydrogens (primary N) is 1. The molecule has 1 atom stereocenters. The molecule has 0 saturated carbocycles. The molecule has 1 aromatic rings. The Morgan fingerprint density at radius 3 is 2.31 bits per heavy atom. The van der Waals surface area contributed by atoms with E-state index in [4.69, 9.17) is 5.73 Å². The molecule has 1 rings (SSSR count). The molecule has 2 heteroatoms. The standard InChI is InChI=1S/C11H16FN/c1-8-6-4-5-7-9(8)10(12)11(2,3)13/h4-7,10H,13H2,1-3H3. The van der Waals surface area contributed by atoms with Crippen molar-refractivity contribution in [2.24, 2.45) is 5.73 Å². The van der Waals surface area contributed by atoms with Crippen LogP contribution in [0.25, 0.3) is 0 Å². The summed E-state index contributed by atoms with van der Waals surface area (Å²) in [4.78, 5) is 0. The molecule has 0 aliphatic rings. The topological polar surface area (TPSA) is 26.0 Å². The molecule has 0 saturated heterocycles. The second-order valence-corrected chi connectivity index (χ2v) is 4.04. The molecule has 0 heterocycles. The molecule has 0 aliphatic heterocycles. The predicted octanol–water partition coefficient (Wildman–Crippen LogP) is 2.74. The molecule has 1 unspecified atom stereocenters. The van der Waals surface area contributed by atoms with E-state index < -0.39 is 11.7 Å². The summed E-state index contributed by atoms with van der Waals surface area (Å²) in [6, 6.07) is 7.41. The first-order valence-electron chi connectivity index (χ1n) is 4.41. The second kappa shape index (κ2) is 3.46. The third-order valence-corrected chi connectivity index (χ3v) is 2.11. The zero-order valence-electron chi connectivity index (χ0n) is 8.34. The summed E-state index contributed by atoms with van der Waals surface area (Å²) in [5.74, 6) is 0. The summed E-state index contributed by atoms with van der Waals surface area (Å²) >= 11 is 0. The first-order chi connectivity index (χ1) is 5.93. The van der Waals surface area contributed by atoms with Crippen LogP contribution in [-0.2, 0) is 0 Å². The number of alkyl halides is 1. The Morgan fingerprint density at radius 2 is 1.85 bits per heavy atom. The van der Waals surface area contributed by atoms with E-state index >= 15 is 0 Å². The van der Waals surface area contributed by atoms with Gasteiger partial charge >= 0.3 is 0 Å². The number of aryl methyl sites for hydroxylation is 1. The van der Waals surface area contributed by atoms with E-state index in [1.165, 1.54) is 0 Å². The maximum Gasteiger partial charge on any atom is 0.143 e. The first kappa shape index (κ1) is 10.2. The van der Waals surface area contributed by atoms with Crippen LogP contribution in [0.5, 0.6) is 0 Å². The van der Waals surface area contributed by atoms with Gasteiger partial charge in [0.1, 0.15) is 6.17 Å². The largest absolute Gasteiger partial charge is 0.323 e. The van der Waals surface area contributed by atoms with Crippen LogP contribution in [0.3, 0.4) is 0 Å².